The first-order valence-corrected chi connectivity index (χ1v) is 13.1. The normalized spacial score (nSPS) is 15.3. The van der Waals surface area contributed by atoms with Gasteiger partial charge >= 0.3 is 5.97 Å². The summed E-state index contributed by atoms with van der Waals surface area (Å²) in [6.07, 6.45) is 1.79. The number of para-hydroxylation sites is 1. The number of fused-ring (bicyclic) bond motifs is 2. The average molecular weight is 515 g/mol. The highest BCUT2D eigenvalue weighted by Gasteiger charge is 2.32. The lowest BCUT2D eigenvalue weighted by Crippen LogP contribution is -2.48. The molecule has 11 heteroatoms. The quantitative estimate of drug-likeness (QED) is 0.303. The fourth-order valence-corrected chi connectivity index (χ4v) is 5.82. The minimum Gasteiger partial charge on any atom is -0.465 e. The topological polar surface area (TPSA) is 102 Å². The summed E-state index contributed by atoms with van der Waals surface area (Å²) in [7, 11) is 0. The molecule has 0 aliphatic carbocycles. The average Bonchev–Trinajstić information content (AvgIpc) is 3.56. The number of rotatable bonds is 7. The summed E-state index contributed by atoms with van der Waals surface area (Å²) in [5.41, 5.74) is 3.01. The zero-order chi connectivity index (χ0) is 25.2. The van der Waals surface area contributed by atoms with E-state index in [2.05, 4.69) is 60.6 Å². The molecule has 1 fully saturated rings. The van der Waals surface area contributed by atoms with Gasteiger partial charge in [0.2, 0.25) is 0 Å². The van der Waals surface area contributed by atoms with Crippen LogP contribution in [-0.2, 0) is 16.1 Å². The van der Waals surface area contributed by atoms with Crippen LogP contribution in [0.2, 0.25) is 0 Å². The number of tetrazole rings is 1. The van der Waals surface area contributed by atoms with Gasteiger partial charge < -0.3 is 9.64 Å². The van der Waals surface area contributed by atoms with Gasteiger partial charge in [0.25, 0.3) is 0 Å². The number of anilines is 1. The summed E-state index contributed by atoms with van der Waals surface area (Å²) in [6, 6.07) is 18.2. The second-order valence-corrected chi connectivity index (χ2v) is 9.85. The summed E-state index contributed by atoms with van der Waals surface area (Å²) >= 11 is 1.72. The van der Waals surface area contributed by atoms with Crippen LogP contribution < -0.4 is 4.90 Å². The van der Waals surface area contributed by atoms with Crippen LogP contribution in [0.25, 0.3) is 21.1 Å². The number of hydrogen-bond acceptors (Lipinski definition) is 10. The Morgan fingerprint density at radius 3 is 2.76 bits per heavy atom. The monoisotopic (exact) mass is 514 g/mol. The number of nitrogens with zero attached hydrogens (tertiary/aromatic N) is 8. The molecule has 1 aliphatic heterocycles. The third kappa shape index (κ3) is 4.75. The Kier molecular flexibility index (Phi) is 6.46. The fraction of sp³-hybridized carbons (Fsp3) is 0.308. The van der Waals surface area contributed by atoms with Crippen molar-refractivity contribution in [2.45, 2.75) is 19.5 Å². The minimum atomic E-state index is -0.363. The molecular weight excluding hydrogens is 488 g/mol. The maximum atomic E-state index is 12.3. The predicted molar refractivity (Wildman–Crippen MR) is 141 cm³/mol. The lowest BCUT2D eigenvalue weighted by atomic mass is 10.0. The lowest BCUT2D eigenvalue weighted by Gasteiger charge is -2.38. The van der Waals surface area contributed by atoms with E-state index in [0.29, 0.717) is 12.4 Å². The van der Waals surface area contributed by atoms with Crippen molar-refractivity contribution >= 4 is 43.6 Å². The smallest absolute Gasteiger partial charge is 0.327 e. The first-order valence-electron chi connectivity index (χ1n) is 12.3. The number of carbonyl (C=O) groups is 1. The van der Waals surface area contributed by atoms with Gasteiger partial charge in [0, 0.05) is 37.8 Å². The van der Waals surface area contributed by atoms with Gasteiger partial charge in [-0.15, -0.1) is 5.10 Å². The zero-order valence-electron chi connectivity index (χ0n) is 20.4. The van der Waals surface area contributed by atoms with Gasteiger partial charge in [-0.05, 0) is 53.2 Å². The van der Waals surface area contributed by atoms with Crippen LogP contribution in [0.4, 0.5) is 5.13 Å². The maximum absolute atomic E-state index is 12.3. The summed E-state index contributed by atoms with van der Waals surface area (Å²) in [5.74, 6) is 0.253. The predicted octanol–water partition coefficient (Wildman–Crippen LogP) is 3.31. The molecule has 2 aromatic carbocycles. The molecule has 1 saturated heterocycles. The van der Waals surface area contributed by atoms with Gasteiger partial charge in [-0.3, -0.25) is 14.7 Å². The van der Waals surface area contributed by atoms with E-state index in [-0.39, 0.29) is 18.6 Å². The van der Waals surface area contributed by atoms with Gasteiger partial charge in [-0.25, -0.2) is 9.67 Å². The van der Waals surface area contributed by atoms with Crippen LogP contribution in [0.3, 0.4) is 0 Å². The number of benzene rings is 2. The summed E-state index contributed by atoms with van der Waals surface area (Å²) in [5, 5.41) is 14.5. The van der Waals surface area contributed by atoms with Crippen molar-refractivity contribution in [3.8, 4) is 0 Å². The van der Waals surface area contributed by atoms with Crippen LogP contribution in [0.15, 0.2) is 60.8 Å². The van der Waals surface area contributed by atoms with E-state index in [1.54, 1.807) is 29.1 Å². The Bertz CT molecular complexity index is 1510. The molecule has 0 bridgehead atoms. The highest BCUT2D eigenvalue weighted by Crippen LogP contribution is 2.33. The van der Waals surface area contributed by atoms with E-state index >= 15 is 0 Å². The van der Waals surface area contributed by atoms with Crippen LogP contribution in [0.5, 0.6) is 0 Å². The SMILES string of the molecule is CCOC(=O)Cn1nnnc1[C@@H](c1ccc2ncccc2c1)N1CCN(c2nc3ccccc3s2)CC1. The number of piperazine rings is 1. The van der Waals surface area contributed by atoms with Crippen molar-refractivity contribution in [2.75, 3.05) is 37.7 Å². The summed E-state index contributed by atoms with van der Waals surface area (Å²) in [4.78, 5) is 26.3. The summed E-state index contributed by atoms with van der Waals surface area (Å²) < 4.78 is 7.90. The number of pyridine rings is 1. The number of thiazole rings is 1. The van der Waals surface area contributed by atoms with Crippen LogP contribution in [0.1, 0.15) is 24.4 Å². The van der Waals surface area contributed by atoms with Gasteiger partial charge in [0.15, 0.2) is 11.0 Å². The number of ether oxygens (including phenoxy) is 1. The number of aromatic nitrogens is 6. The number of hydrogen-bond donors (Lipinski definition) is 0. The molecule has 0 spiro atoms. The van der Waals surface area contributed by atoms with Crippen molar-refractivity contribution in [3.63, 3.8) is 0 Å². The largest absolute Gasteiger partial charge is 0.465 e. The molecule has 37 heavy (non-hydrogen) atoms. The van der Waals surface area contributed by atoms with E-state index in [0.717, 1.165) is 53.3 Å². The standard InChI is InChI=1S/C26H26N8O2S/c1-2-36-23(35)17-34-25(29-30-31-34)24(19-9-10-20-18(16-19)6-5-11-27-20)32-12-14-33(15-13-32)26-28-21-7-3-4-8-22(21)37-26/h3-11,16,24H,2,12-15,17H2,1H3/t24-/m1/s1. The molecular formula is C26H26N8O2S. The molecule has 4 heterocycles. The number of carbonyl (C=O) groups excluding carboxylic acids is 1. The van der Waals surface area contributed by atoms with Crippen molar-refractivity contribution in [2.24, 2.45) is 0 Å². The number of esters is 1. The van der Waals surface area contributed by atoms with Gasteiger partial charge in [-0.1, -0.05) is 35.6 Å². The van der Waals surface area contributed by atoms with Crippen molar-refractivity contribution in [1.29, 1.82) is 0 Å². The fourth-order valence-electron chi connectivity index (χ4n) is 4.80. The second kappa shape index (κ2) is 10.2. The Morgan fingerprint density at radius 1 is 1.05 bits per heavy atom. The Morgan fingerprint density at radius 2 is 1.92 bits per heavy atom. The molecule has 3 aromatic heterocycles. The van der Waals surface area contributed by atoms with Crippen LogP contribution in [-0.4, -0.2) is 73.8 Å². The molecule has 1 aliphatic rings. The highest BCUT2D eigenvalue weighted by atomic mass is 32.1. The van der Waals surface area contributed by atoms with Gasteiger partial charge in [0.1, 0.15) is 6.54 Å². The Balaban J connectivity index is 1.31. The highest BCUT2D eigenvalue weighted by molar-refractivity contribution is 7.22. The molecule has 1 atom stereocenters. The van der Waals surface area contributed by atoms with E-state index in [1.807, 2.05) is 24.3 Å². The van der Waals surface area contributed by atoms with E-state index in [9.17, 15) is 4.79 Å². The van der Waals surface area contributed by atoms with Crippen LogP contribution >= 0.6 is 11.3 Å². The first-order chi connectivity index (χ1) is 18.2. The minimum absolute atomic E-state index is 0.0342. The third-order valence-electron chi connectivity index (χ3n) is 6.56. The molecule has 6 rings (SSSR count). The molecule has 0 saturated carbocycles. The van der Waals surface area contributed by atoms with Crippen molar-refractivity contribution < 1.29 is 9.53 Å². The van der Waals surface area contributed by atoms with Gasteiger partial charge in [-0.2, -0.15) is 0 Å². The van der Waals surface area contributed by atoms with E-state index < -0.39 is 0 Å². The van der Waals surface area contributed by atoms with Gasteiger partial charge in [0.05, 0.1) is 28.4 Å². The molecule has 5 aromatic rings. The van der Waals surface area contributed by atoms with Crippen molar-refractivity contribution in [1.82, 2.24) is 35.1 Å². The molecule has 0 radical (unpaired) electrons. The maximum Gasteiger partial charge on any atom is 0.327 e. The zero-order valence-corrected chi connectivity index (χ0v) is 21.2. The van der Waals surface area contributed by atoms with Crippen molar-refractivity contribution in [3.05, 3.63) is 72.2 Å². The molecule has 188 valence electrons. The van der Waals surface area contributed by atoms with E-state index in [1.165, 1.54) is 4.70 Å². The molecule has 0 amide bonds. The molecule has 0 unspecified atom stereocenters. The summed E-state index contributed by atoms with van der Waals surface area (Å²) in [6.45, 7) is 5.29. The van der Waals surface area contributed by atoms with E-state index in [4.69, 9.17) is 9.72 Å². The Labute approximate surface area is 217 Å². The molecule has 10 nitrogen and oxygen atoms in total. The van der Waals surface area contributed by atoms with Crippen LogP contribution in [0, 0.1) is 0 Å². The molecule has 0 N–H and O–H groups in total. The lowest BCUT2D eigenvalue weighted by molar-refractivity contribution is -0.144. The first kappa shape index (κ1) is 23.4. The Hall–Kier alpha value is -3.96. The third-order valence-corrected chi connectivity index (χ3v) is 7.66. The second-order valence-electron chi connectivity index (χ2n) is 8.85.